The molecule has 1 N–H and O–H groups in total. The molecule has 0 amide bonds. The summed E-state index contributed by atoms with van der Waals surface area (Å²) in [4.78, 5) is 0. The van der Waals surface area contributed by atoms with Gasteiger partial charge in [-0.25, -0.2) is 0 Å². The Morgan fingerprint density at radius 2 is 2.20 bits per heavy atom. The average Bonchev–Trinajstić information content (AvgIpc) is 2.22. The molecular weight excluding hydrogens is 210 g/mol. The molecule has 0 aromatic carbocycles. The maximum Gasteiger partial charge on any atom is 0.151 e. The van der Waals surface area contributed by atoms with Crippen molar-refractivity contribution in [3.8, 4) is 0 Å². The van der Waals surface area contributed by atoms with Crippen LogP contribution in [0, 0.1) is 5.92 Å². The average molecular weight is 226 g/mol. The van der Waals surface area contributed by atoms with Crippen LogP contribution in [0.3, 0.4) is 0 Å². The summed E-state index contributed by atoms with van der Waals surface area (Å²) in [6.07, 6.45) is 5.11. The fraction of sp³-hybridized carbons (Fsp3) is 0.636. The largest absolute Gasteiger partial charge is 0.366 e. The number of anilines is 1. The molecule has 1 aliphatic carbocycles. The van der Waals surface area contributed by atoms with Crippen molar-refractivity contribution < 1.29 is 0 Å². The fourth-order valence-electron chi connectivity index (χ4n) is 2.17. The number of nitrogens with one attached hydrogen (secondary N) is 1. The lowest BCUT2D eigenvalue weighted by Gasteiger charge is -2.27. The molecule has 2 atom stereocenters. The van der Waals surface area contributed by atoms with E-state index in [2.05, 4.69) is 22.4 Å². The molecule has 82 valence electrons. The minimum Gasteiger partial charge on any atom is -0.366 e. The minimum atomic E-state index is 0.442. The van der Waals surface area contributed by atoms with Crippen LogP contribution >= 0.6 is 11.6 Å². The topological polar surface area (TPSA) is 37.8 Å². The van der Waals surface area contributed by atoms with Crippen molar-refractivity contribution in [1.82, 2.24) is 10.2 Å². The molecule has 15 heavy (non-hydrogen) atoms. The lowest BCUT2D eigenvalue weighted by atomic mass is 9.87. The van der Waals surface area contributed by atoms with Crippen molar-refractivity contribution in [1.29, 1.82) is 0 Å². The molecule has 1 aliphatic rings. The zero-order valence-electron chi connectivity index (χ0n) is 8.91. The van der Waals surface area contributed by atoms with Gasteiger partial charge in [0.1, 0.15) is 5.82 Å². The quantitative estimate of drug-likeness (QED) is 0.841. The molecule has 1 aromatic heterocycles. The van der Waals surface area contributed by atoms with Gasteiger partial charge in [0.05, 0.1) is 0 Å². The van der Waals surface area contributed by atoms with Crippen LogP contribution in [0.1, 0.15) is 32.6 Å². The van der Waals surface area contributed by atoms with E-state index < -0.39 is 0 Å². The summed E-state index contributed by atoms with van der Waals surface area (Å²) >= 11 is 5.68. The smallest absolute Gasteiger partial charge is 0.151 e. The van der Waals surface area contributed by atoms with Gasteiger partial charge in [-0.15, -0.1) is 10.2 Å². The summed E-state index contributed by atoms with van der Waals surface area (Å²) in [5, 5.41) is 11.7. The third-order valence-electron chi connectivity index (χ3n) is 2.92. The summed E-state index contributed by atoms with van der Waals surface area (Å²) in [6.45, 7) is 2.31. The third kappa shape index (κ3) is 3.06. The molecule has 1 heterocycles. The van der Waals surface area contributed by atoms with E-state index in [-0.39, 0.29) is 0 Å². The number of hydrogen-bond donors (Lipinski definition) is 1. The summed E-state index contributed by atoms with van der Waals surface area (Å²) in [5.74, 6) is 1.65. The first-order valence-electron chi connectivity index (χ1n) is 5.50. The molecule has 2 unspecified atom stereocenters. The fourth-order valence-corrected chi connectivity index (χ4v) is 2.27. The predicted octanol–water partition coefficient (Wildman–Crippen LogP) is 3.12. The summed E-state index contributed by atoms with van der Waals surface area (Å²) in [5.41, 5.74) is 0. The Balaban J connectivity index is 1.93. The second-order valence-corrected chi connectivity index (χ2v) is 4.74. The van der Waals surface area contributed by atoms with Gasteiger partial charge in [-0.1, -0.05) is 31.4 Å². The first-order valence-corrected chi connectivity index (χ1v) is 5.87. The maximum absolute atomic E-state index is 5.68. The van der Waals surface area contributed by atoms with Gasteiger partial charge in [0.15, 0.2) is 5.15 Å². The third-order valence-corrected chi connectivity index (χ3v) is 3.12. The molecule has 0 radical (unpaired) electrons. The highest BCUT2D eigenvalue weighted by atomic mass is 35.5. The van der Waals surface area contributed by atoms with Gasteiger partial charge in [-0.05, 0) is 30.9 Å². The van der Waals surface area contributed by atoms with Gasteiger partial charge in [0, 0.05) is 6.04 Å². The predicted molar refractivity (Wildman–Crippen MR) is 62.1 cm³/mol. The van der Waals surface area contributed by atoms with Crippen molar-refractivity contribution in [3.05, 3.63) is 17.3 Å². The number of hydrogen-bond acceptors (Lipinski definition) is 3. The normalized spacial score (nSPS) is 26.3. The summed E-state index contributed by atoms with van der Waals surface area (Å²) in [7, 11) is 0. The van der Waals surface area contributed by atoms with E-state index in [1.807, 2.05) is 6.07 Å². The van der Waals surface area contributed by atoms with Gasteiger partial charge in [-0.2, -0.15) is 0 Å². The molecule has 3 nitrogen and oxygen atoms in total. The molecule has 1 fully saturated rings. The van der Waals surface area contributed by atoms with Crippen molar-refractivity contribution in [2.24, 2.45) is 5.92 Å². The summed E-state index contributed by atoms with van der Waals surface area (Å²) < 4.78 is 0. The van der Waals surface area contributed by atoms with Gasteiger partial charge in [0.25, 0.3) is 0 Å². The van der Waals surface area contributed by atoms with E-state index in [0.29, 0.717) is 11.2 Å². The highest BCUT2D eigenvalue weighted by Gasteiger charge is 2.18. The lowest BCUT2D eigenvalue weighted by molar-refractivity contribution is 0.358. The van der Waals surface area contributed by atoms with Crippen molar-refractivity contribution >= 4 is 17.4 Å². The zero-order chi connectivity index (χ0) is 10.7. The molecule has 0 aliphatic heterocycles. The van der Waals surface area contributed by atoms with Crippen LogP contribution in [0.25, 0.3) is 0 Å². The number of rotatable bonds is 2. The molecular formula is C11H16ClN3. The number of nitrogens with zero attached hydrogens (tertiary/aromatic N) is 2. The molecule has 4 heteroatoms. The maximum atomic E-state index is 5.68. The second-order valence-electron chi connectivity index (χ2n) is 4.35. The standard InChI is InChI=1S/C11H16ClN3/c1-8-3-2-4-9(7-8)13-11-6-5-10(12)14-15-11/h5-6,8-9H,2-4,7H2,1H3,(H,13,15). The van der Waals surface area contributed by atoms with E-state index in [4.69, 9.17) is 11.6 Å². The Morgan fingerprint density at radius 3 is 2.87 bits per heavy atom. The number of aromatic nitrogens is 2. The van der Waals surface area contributed by atoms with Crippen molar-refractivity contribution in [2.45, 2.75) is 38.6 Å². The highest BCUT2D eigenvalue weighted by molar-refractivity contribution is 6.29. The summed E-state index contributed by atoms with van der Waals surface area (Å²) in [6, 6.07) is 4.20. The zero-order valence-corrected chi connectivity index (χ0v) is 9.67. The van der Waals surface area contributed by atoms with E-state index in [1.165, 1.54) is 25.7 Å². The van der Waals surface area contributed by atoms with E-state index in [0.717, 1.165) is 11.7 Å². The van der Waals surface area contributed by atoms with Crippen LogP contribution in [0.2, 0.25) is 5.15 Å². The van der Waals surface area contributed by atoms with Crippen LogP contribution in [-0.4, -0.2) is 16.2 Å². The molecule has 2 rings (SSSR count). The van der Waals surface area contributed by atoms with Crippen LogP contribution in [0.15, 0.2) is 12.1 Å². The second kappa shape index (κ2) is 4.79. The Labute approximate surface area is 95.2 Å². The van der Waals surface area contributed by atoms with Crippen molar-refractivity contribution in [3.63, 3.8) is 0 Å². The molecule has 1 aromatic rings. The Hall–Kier alpha value is -0.830. The SMILES string of the molecule is CC1CCCC(Nc2ccc(Cl)nn2)C1. The lowest BCUT2D eigenvalue weighted by Crippen LogP contribution is -2.26. The Kier molecular flexibility index (Phi) is 3.41. The Morgan fingerprint density at radius 1 is 1.33 bits per heavy atom. The molecule has 0 bridgehead atoms. The first-order chi connectivity index (χ1) is 7.24. The first kappa shape index (κ1) is 10.7. The monoisotopic (exact) mass is 225 g/mol. The van der Waals surface area contributed by atoms with Crippen LogP contribution in [-0.2, 0) is 0 Å². The van der Waals surface area contributed by atoms with Gasteiger partial charge >= 0.3 is 0 Å². The van der Waals surface area contributed by atoms with E-state index in [9.17, 15) is 0 Å². The molecule has 1 saturated carbocycles. The molecule has 0 saturated heterocycles. The number of halogens is 1. The van der Waals surface area contributed by atoms with Crippen LogP contribution in [0.4, 0.5) is 5.82 Å². The molecule has 0 spiro atoms. The van der Waals surface area contributed by atoms with E-state index in [1.54, 1.807) is 6.07 Å². The van der Waals surface area contributed by atoms with Gasteiger partial charge in [0.2, 0.25) is 0 Å². The minimum absolute atomic E-state index is 0.442. The van der Waals surface area contributed by atoms with Gasteiger partial charge < -0.3 is 5.32 Å². The Bertz CT molecular complexity index is 312. The van der Waals surface area contributed by atoms with Crippen LogP contribution in [0.5, 0.6) is 0 Å². The van der Waals surface area contributed by atoms with Crippen LogP contribution < -0.4 is 5.32 Å². The van der Waals surface area contributed by atoms with Gasteiger partial charge in [-0.3, -0.25) is 0 Å². The van der Waals surface area contributed by atoms with Crippen molar-refractivity contribution in [2.75, 3.05) is 5.32 Å². The highest BCUT2D eigenvalue weighted by Crippen LogP contribution is 2.25. The van der Waals surface area contributed by atoms with E-state index >= 15 is 0 Å².